The maximum absolute atomic E-state index is 2.77. The molecule has 0 unspecified atom stereocenters. The number of benzene rings is 16. The van der Waals surface area contributed by atoms with E-state index in [0.29, 0.717) is 0 Å². The van der Waals surface area contributed by atoms with Crippen LogP contribution in [0.4, 0.5) is 34.1 Å². The molecule has 8 heterocycles. The van der Waals surface area contributed by atoms with E-state index >= 15 is 0 Å². The van der Waals surface area contributed by atoms with Gasteiger partial charge in [-0.2, -0.15) is 0 Å². The van der Waals surface area contributed by atoms with Gasteiger partial charge in [0.1, 0.15) is 0 Å². The van der Waals surface area contributed by atoms with Gasteiger partial charge in [-0.1, -0.05) is 267 Å². The van der Waals surface area contributed by atoms with Crippen LogP contribution in [0.5, 0.6) is 0 Å². The Kier molecular flexibility index (Phi) is 9.47. The van der Waals surface area contributed by atoms with Crippen molar-refractivity contribution >= 4 is 168 Å². The molecule has 0 saturated heterocycles. The zero-order chi connectivity index (χ0) is 62.0. The maximum Gasteiger partial charge on any atom is 0.333 e. The molecule has 0 N–H and O–H groups in total. The Morgan fingerprint density at radius 1 is 0.302 bits per heavy atom. The Balaban J connectivity index is 0.783. The number of hydrogen-bond acceptors (Lipinski definition) is 3. The standard InChI is InChI=1S/C89H50B2N4S/c1-3-22-55(23-4-1)89(56-24-5-2-6-25-56)68-34-11-12-38-72(68)92-76-50-54-48-53(42-44-60(54)81-67-33-17-31-65-79-58-26-9-7-20-51(58)43-47-74(79)94(86(65)67)90(82(76)81)70-36-18-35-69(89)87(70)92)57-28-15-29-62-61(57)45-46-64-63-30-16-32-66-80-59-27-10-8-21-52(59)49-75-83(80)91(95(84(62)64)85(63)66)71-37-19-41-78-88(71)93(75)73-39-13-14-40-77(73)96-78/h1-50H. The maximum atomic E-state index is 2.77. The van der Waals surface area contributed by atoms with Crippen molar-refractivity contribution in [2.45, 2.75) is 15.2 Å². The van der Waals surface area contributed by atoms with E-state index < -0.39 is 5.41 Å². The molecule has 0 amide bonds. The average molecular weight is 1230 g/mol. The van der Waals surface area contributed by atoms with Crippen molar-refractivity contribution in [2.75, 3.05) is 9.80 Å². The van der Waals surface area contributed by atoms with E-state index in [0.717, 1.165) is 0 Å². The second kappa shape index (κ2) is 17.9. The molecule has 0 saturated carbocycles. The molecule has 6 aliphatic heterocycles. The summed E-state index contributed by atoms with van der Waals surface area (Å²) in [4.78, 5) is 7.86. The predicted molar refractivity (Wildman–Crippen MR) is 405 cm³/mol. The van der Waals surface area contributed by atoms with Crippen molar-refractivity contribution in [3.63, 3.8) is 0 Å². The van der Waals surface area contributed by atoms with E-state index in [1.165, 1.54) is 208 Å². The fourth-order valence-electron chi connectivity index (χ4n) is 19.6. The fraction of sp³-hybridized carbons (Fsp3) is 0.0112. The highest BCUT2D eigenvalue weighted by Gasteiger charge is 2.53. The molecular weight excluding hydrogens is 1180 g/mol. The van der Waals surface area contributed by atoms with Crippen LogP contribution in [-0.4, -0.2) is 22.7 Å². The Bertz CT molecular complexity index is 6630. The first kappa shape index (κ1) is 50.8. The van der Waals surface area contributed by atoms with Crippen molar-refractivity contribution in [3.05, 3.63) is 326 Å². The van der Waals surface area contributed by atoms with Crippen LogP contribution in [-0.2, 0) is 5.41 Å². The molecule has 438 valence electrons. The van der Waals surface area contributed by atoms with Crippen LogP contribution < -0.4 is 31.7 Å². The van der Waals surface area contributed by atoms with Gasteiger partial charge in [0.25, 0.3) is 0 Å². The normalized spacial score (nSPS) is 14.4. The monoisotopic (exact) mass is 1230 g/mol. The summed E-state index contributed by atoms with van der Waals surface area (Å²) in [5.41, 5.74) is 30.1. The molecule has 0 spiro atoms. The second-order valence-corrected chi connectivity index (χ2v) is 28.3. The molecule has 18 aromatic rings. The van der Waals surface area contributed by atoms with Gasteiger partial charge in [-0.05, 0) is 153 Å². The Labute approximate surface area is 557 Å². The van der Waals surface area contributed by atoms with Gasteiger partial charge in [-0.3, -0.25) is 0 Å². The topological polar surface area (TPSA) is 16.3 Å². The molecule has 2 aromatic heterocycles. The van der Waals surface area contributed by atoms with Crippen LogP contribution in [0.15, 0.2) is 313 Å². The molecule has 16 aromatic carbocycles. The summed E-state index contributed by atoms with van der Waals surface area (Å²) in [5, 5.41) is 15.3. The number of fused-ring (bicyclic) bond motifs is 26. The van der Waals surface area contributed by atoms with Crippen LogP contribution in [0.3, 0.4) is 0 Å². The molecule has 0 radical (unpaired) electrons. The molecule has 0 aliphatic carbocycles. The minimum atomic E-state index is -0.628. The van der Waals surface area contributed by atoms with Crippen molar-refractivity contribution in [1.82, 2.24) is 8.96 Å². The van der Waals surface area contributed by atoms with Crippen LogP contribution >= 0.6 is 11.8 Å². The summed E-state index contributed by atoms with van der Waals surface area (Å²) in [6.45, 7) is -0.216. The van der Waals surface area contributed by atoms with Crippen LogP contribution in [0.25, 0.3) is 120 Å². The van der Waals surface area contributed by atoms with Gasteiger partial charge in [-0.15, -0.1) is 0 Å². The predicted octanol–water partition coefficient (Wildman–Crippen LogP) is 20.2. The lowest BCUT2D eigenvalue weighted by Crippen LogP contribution is -2.58. The van der Waals surface area contributed by atoms with E-state index in [4.69, 9.17) is 0 Å². The van der Waals surface area contributed by atoms with Crippen molar-refractivity contribution in [1.29, 1.82) is 0 Å². The van der Waals surface area contributed by atoms with E-state index in [-0.39, 0.29) is 13.7 Å². The number of hydrogen-bond donors (Lipinski definition) is 0. The highest BCUT2D eigenvalue weighted by Crippen LogP contribution is 2.61. The minimum absolute atomic E-state index is 0.0774. The molecule has 0 atom stereocenters. The molecular formula is C89H50B2N4S. The summed E-state index contributed by atoms with van der Waals surface area (Å²) >= 11 is 1.90. The lowest BCUT2D eigenvalue weighted by atomic mass is 9.43. The third-order valence-corrected chi connectivity index (χ3v) is 24.1. The van der Waals surface area contributed by atoms with Crippen LogP contribution in [0.2, 0.25) is 0 Å². The highest BCUT2D eigenvalue weighted by molar-refractivity contribution is 7.99. The van der Waals surface area contributed by atoms with Gasteiger partial charge >= 0.3 is 13.7 Å². The SMILES string of the molecule is c1ccc(C2(c3ccccc3)c3ccccc3N3c4cc5cc(-c6cccc7c6ccc6c8cccc9c8n(c76)B6c7cccc8c7N(c7ccccc7S8)c7cc8ccccc8c-9c76)ccc5c5c4B(c4cccc2c43)n2c3ccc4ccccc4c3c3cccc-5c32)cc1. The lowest BCUT2D eigenvalue weighted by molar-refractivity contribution is 0.732. The molecule has 24 rings (SSSR count). The number of para-hydroxylation sites is 6. The third kappa shape index (κ3) is 5.98. The van der Waals surface area contributed by atoms with E-state index in [1.54, 1.807) is 0 Å². The van der Waals surface area contributed by atoms with Gasteiger partial charge in [0.15, 0.2) is 0 Å². The molecule has 0 fully saturated rings. The molecule has 6 aliphatic rings. The minimum Gasteiger partial charge on any atom is -0.375 e. The first-order valence-corrected chi connectivity index (χ1v) is 34.4. The highest BCUT2D eigenvalue weighted by atomic mass is 32.2. The first-order valence-electron chi connectivity index (χ1n) is 33.6. The average Bonchev–Trinajstić information content (AvgIpc) is 1.14. The molecule has 7 heteroatoms. The van der Waals surface area contributed by atoms with Gasteiger partial charge in [0, 0.05) is 87.0 Å². The van der Waals surface area contributed by atoms with Crippen molar-refractivity contribution < 1.29 is 0 Å². The van der Waals surface area contributed by atoms with E-state index in [9.17, 15) is 0 Å². The van der Waals surface area contributed by atoms with E-state index in [2.05, 4.69) is 322 Å². The van der Waals surface area contributed by atoms with Crippen molar-refractivity contribution in [3.8, 4) is 33.4 Å². The summed E-state index contributed by atoms with van der Waals surface area (Å²) in [6, 6.07) is 117. The van der Waals surface area contributed by atoms with Gasteiger partial charge in [-0.25, -0.2) is 0 Å². The first-order chi connectivity index (χ1) is 47.7. The van der Waals surface area contributed by atoms with Crippen LogP contribution in [0.1, 0.15) is 22.3 Å². The number of nitrogens with zero attached hydrogens (tertiary/aromatic N) is 4. The molecule has 0 bridgehead atoms. The Hall–Kier alpha value is -11.8. The number of anilines is 6. The number of rotatable bonds is 3. The summed E-state index contributed by atoms with van der Waals surface area (Å²) < 4.78 is 5.51. The quantitative estimate of drug-likeness (QED) is 0.164. The summed E-state index contributed by atoms with van der Waals surface area (Å²) in [6.07, 6.45) is 0. The van der Waals surface area contributed by atoms with E-state index in [1.807, 2.05) is 11.8 Å². The largest absolute Gasteiger partial charge is 0.375 e. The van der Waals surface area contributed by atoms with Crippen molar-refractivity contribution in [2.24, 2.45) is 0 Å². The smallest absolute Gasteiger partial charge is 0.333 e. The lowest BCUT2D eigenvalue weighted by Gasteiger charge is -2.50. The molecule has 4 nitrogen and oxygen atoms in total. The van der Waals surface area contributed by atoms with Gasteiger partial charge in [0.05, 0.1) is 22.5 Å². The Morgan fingerprint density at radius 3 is 1.62 bits per heavy atom. The van der Waals surface area contributed by atoms with Crippen LogP contribution in [0, 0.1) is 0 Å². The summed E-state index contributed by atoms with van der Waals surface area (Å²) in [5.74, 6) is 0. The van der Waals surface area contributed by atoms with Gasteiger partial charge in [0.2, 0.25) is 0 Å². The summed E-state index contributed by atoms with van der Waals surface area (Å²) in [7, 11) is 0. The zero-order valence-corrected chi connectivity index (χ0v) is 52.5. The third-order valence-electron chi connectivity index (χ3n) is 23.0. The Morgan fingerprint density at radius 2 is 0.833 bits per heavy atom. The second-order valence-electron chi connectivity index (χ2n) is 27.2. The zero-order valence-electron chi connectivity index (χ0n) is 51.7. The van der Waals surface area contributed by atoms with Gasteiger partial charge < -0.3 is 18.8 Å². The fourth-order valence-corrected chi connectivity index (χ4v) is 20.7. The number of aromatic nitrogens is 2. The molecule has 96 heavy (non-hydrogen) atoms.